The van der Waals surface area contributed by atoms with Crippen molar-refractivity contribution in [2.75, 3.05) is 0 Å². The number of ether oxygens (including phenoxy) is 2. The van der Waals surface area contributed by atoms with Crippen LogP contribution in [0.5, 0.6) is 11.6 Å². The Labute approximate surface area is 164 Å². The van der Waals surface area contributed by atoms with Crippen LogP contribution in [0.25, 0.3) is 0 Å². The number of aromatic nitrogens is 1. The Bertz CT molecular complexity index is 888. The van der Waals surface area contributed by atoms with E-state index in [1.54, 1.807) is 37.4 Å². The van der Waals surface area contributed by atoms with Crippen LogP contribution in [0.3, 0.4) is 0 Å². The van der Waals surface area contributed by atoms with Crippen molar-refractivity contribution in [3.05, 3.63) is 47.2 Å². The zero-order valence-corrected chi connectivity index (χ0v) is 16.4. The first-order valence-corrected chi connectivity index (χ1v) is 9.24. The number of hydrogen-bond acceptors (Lipinski definition) is 6. The normalized spacial score (nSPS) is 19.6. The van der Waals surface area contributed by atoms with Crippen molar-refractivity contribution in [2.45, 2.75) is 57.9 Å². The van der Waals surface area contributed by atoms with Gasteiger partial charge in [-0.25, -0.2) is 4.79 Å². The van der Waals surface area contributed by atoms with Gasteiger partial charge in [-0.3, -0.25) is 5.32 Å². The van der Waals surface area contributed by atoms with Crippen molar-refractivity contribution in [3.63, 3.8) is 0 Å². The Morgan fingerprint density at radius 2 is 2.00 bits per heavy atom. The van der Waals surface area contributed by atoms with E-state index in [1.807, 2.05) is 20.8 Å². The SMILES string of the molecule is CC(O)CC1NC(C(=O)OC(C)(C)C)c2c[nH]c(Oc3ccc(C#N)cc3)c21. The number of nitrogens with one attached hydrogen (secondary N) is 2. The zero-order chi connectivity index (χ0) is 20.5. The van der Waals surface area contributed by atoms with Crippen LogP contribution in [0.4, 0.5) is 0 Å². The van der Waals surface area contributed by atoms with Crippen LogP contribution < -0.4 is 10.1 Å². The molecule has 1 aliphatic heterocycles. The Morgan fingerprint density at radius 1 is 1.32 bits per heavy atom. The first-order valence-electron chi connectivity index (χ1n) is 9.24. The second-order valence-corrected chi connectivity index (χ2v) is 8.00. The van der Waals surface area contributed by atoms with E-state index in [2.05, 4.69) is 16.4 Å². The van der Waals surface area contributed by atoms with Gasteiger partial charge in [0.2, 0.25) is 5.88 Å². The quantitative estimate of drug-likeness (QED) is 0.683. The summed E-state index contributed by atoms with van der Waals surface area (Å²) in [7, 11) is 0. The predicted octanol–water partition coefficient (Wildman–Crippen LogP) is 3.48. The third-order valence-corrected chi connectivity index (χ3v) is 4.36. The highest BCUT2D eigenvalue weighted by Gasteiger charge is 2.40. The first kappa shape index (κ1) is 19.9. The lowest BCUT2D eigenvalue weighted by Crippen LogP contribution is -2.33. The van der Waals surface area contributed by atoms with E-state index in [9.17, 15) is 9.90 Å². The second kappa shape index (κ2) is 7.66. The van der Waals surface area contributed by atoms with Crippen molar-refractivity contribution >= 4 is 5.97 Å². The molecule has 0 fully saturated rings. The summed E-state index contributed by atoms with van der Waals surface area (Å²) in [6.07, 6.45) is 1.60. The van der Waals surface area contributed by atoms with Crippen LogP contribution in [0.2, 0.25) is 0 Å². The topological polar surface area (TPSA) is 107 Å². The van der Waals surface area contributed by atoms with Crippen molar-refractivity contribution in [1.82, 2.24) is 10.3 Å². The lowest BCUT2D eigenvalue weighted by Gasteiger charge is -2.23. The molecule has 0 spiro atoms. The molecule has 0 saturated heterocycles. The third kappa shape index (κ3) is 4.35. The van der Waals surface area contributed by atoms with Crippen molar-refractivity contribution in [2.24, 2.45) is 0 Å². The molecule has 1 aromatic heterocycles. The lowest BCUT2D eigenvalue weighted by atomic mass is 10.0. The highest BCUT2D eigenvalue weighted by atomic mass is 16.6. The molecule has 2 aromatic rings. The number of aliphatic hydroxyl groups is 1. The molecule has 28 heavy (non-hydrogen) atoms. The molecule has 0 bridgehead atoms. The standard InChI is InChI=1S/C21H25N3O4/c1-12(25)9-16-17-15(18(24-16)20(26)28-21(2,3)4)11-23-19(17)27-14-7-5-13(10-22)6-8-14/h5-8,11-12,16,18,23-25H,9H2,1-4H3. The van der Waals surface area contributed by atoms with Gasteiger partial charge in [-0.05, 0) is 58.4 Å². The predicted molar refractivity (Wildman–Crippen MR) is 103 cm³/mol. The summed E-state index contributed by atoms with van der Waals surface area (Å²) in [4.78, 5) is 15.7. The number of hydrogen-bond donors (Lipinski definition) is 3. The summed E-state index contributed by atoms with van der Waals surface area (Å²) in [5, 5.41) is 22.1. The van der Waals surface area contributed by atoms with Gasteiger partial charge in [-0.1, -0.05) is 0 Å². The van der Waals surface area contributed by atoms with E-state index >= 15 is 0 Å². The number of nitrogens with zero attached hydrogens (tertiary/aromatic N) is 1. The summed E-state index contributed by atoms with van der Waals surface area (Å²) in [6, 6.07) is 7.95. The van der Waals surface area contributed by atoms with Gasteiger partial charge in [-0.2, -0.15) is 5.26 Å². The number of aromatic amines is 1. The van der Waals surface area contributed by atoms with Crippen LogP contribution in [0.1, 0.15) is 62.9 Å². The molecule has 3 atom stereocenters. The fourth-order valence-electron chi connectivity index (χ4n) is 3.28. The molecule has 2 heterocycles. The van der Waals surface area contributed by atoms with Gasteiger partial charge >= 0.3 is 5.97 Å². The van der Waals surface area contributed by atoms with Crippen molar-refractivity contribution in [3.8, 4) is 17.7 Å². The molecule has 0 aliphatic carbocycles. The Kier molecular flexibility index (Phi) is 5.45. The number of carbonyl (C=O) groups excluding carboxylic acids is 1. The number of esters is 1. The van der Waals surface area contributed by atoms with Gasteiger partial charge < -0.3 is 19.6 Å². The van der Waals surface area contributed by atoms with Gasteiger partial charge in [0, 0.05) is 23.4 Å². The molecule has 148 valence electrons. The first-order chi connectivity index (χ1) is 13.2. The third-order valence-electron chi connectivity index (χ3n) is 4.36. The van der Waals surface area contributed by atoms with Crippen LogP contribution in [0.15, 0.2) is 30.5 Å². The fraction of sp³-hybridized carbons (Fsp3) is 0.429. The average molecular weight is 383 g/mol. The molecule has 0 amide bonds. The fourth-order valence-corrected chi connectivity index (χ4v) is 3.28. The van der Waals surface area contributed by atoms with Gasteiger partial charge in [0.15, 0.2) is 0 Å². The highest BCUT2D eigenvalue weighted by molar-refractivity contribution is 5.80. The number of rotatable bonds is 5. The number of carbonyl (C=O) groups is 1. The molecular weight excluding hydrogens is 358 g/mol. The molecule has 3 unspecified atom stereocenters. The number of aliphatic hydroxyl groups excluding tert-OH is 1. The maximum atomic E-state index is 12.7. The minimum absolute atomic E-state index is 0.257. The van der Waals surface area contributed by atoms with E-state index in [4.69, 9.17) is 14.7 Å². The smallest absolute Gasteiger partial charge is 0.328 e. The van der Waals surface area contributed by atoms with E-state index in [-0.39, 0.29) is 12.0 Å². The molecular formula is C21H25N3O4. The van der Waals surface area contributed by atoms with Gasteiger partial charge in [0.1, 0.15) is 17.4 Å². The average Bonchev–Trinajstić information content (AvgIpc) is 3.15. The molecule has 0 radical (unpaired) electrons. The maximum absolute atomic E-state index is 12.7. The van der Waals surface area contributed by atoms with Crippen LogP contribution in [0, 0.1) is 11.3 Å². The second-order valence-electron chi connectivity index (χ2n) is 8.00. The number of fused-ring (bicyclic) bond motifs is 1. The Morgan fingerprint density at radius 3 is 2.57 bits per heavy atom. The summed E-state index contributed by atoms with van der Waals surface area (Å²) < 4.78 is 11.5. The van der Waals surface area contributed by atoms with Gasteiger partial charge in [0.05, 0.1) is 17.7 Å². The van der Waals surface area contributed by atoms with E-state index in [1.165, 1.54) is 0 Å². The molecule has 1 aliphatic rings. The van der Waals surface area contributed by atoms with Crippen LogP contribution in [-0.2, 0) is 9.53 Å². The monoisotopic (exact) mass is 383 g/mol. The summed E-state index contributed by atoms with van der Waals surface area (Å²) in [5.41, 5.74) is 1.51. The van der Waals surface area contributed by atoms with Crippen LogP contribution in [-0.4, -0.2) is 27.8 Å². The van der Waals surface area contributed by atoms with E-state index in [0.717, 1.165) is 11.1 Å². The highest BCUT2D eigenvalue weighted by Crippen LogP contribution is 2.43. The Hall–Kier alpha value is -2.82. The number of nitriles is 1. The van der Waals surface area contributed by atoms with Gasteiger partial charge in [-0.15, -0.1) is 0 Å². The molecule has 1 aromatic carbocycles. The molecule has 0 saturated carbocycles. The van der Waals surface area contributed by atoms with Crippen molar-refractivity contribution < 1.29 is 19.4 Å². The summed E-state index contributed by atoms with van der Waals surface area (Å²) in [6.45, 7) is 7.18. The minimum atomic E-state index is -0.632. The zero-order valence-electron chi connectivity index (χ0n) is 16.4. The van der Waals surface area contributed by atoms with Crippen LogP contribution >= 0.6 is 0 Å². The maximum Gasteiger partial charge on any atom is 0.328 e. The summed E-state index contributed by atoms with van der Waals surface area (Å²) >= 11 is 0. The van der Waals surface area contributed by atoms with Gasteiger partial charge in [0.25, 0.3) is 0 Å². The molecule has 3 rings (SSSR count). The molecule has 3 N–H and O–H groups in total. The molecule has 7 heteroatoms. The van der Waals surface area contributed by atoms with E-state index < -0.39 is 17.7 Å². The lowest BCUT2D eigenvalue weighted by molar-refractivity contribution is -0.157. The van der Waals surface area contributed by atoms with Crippen molar-refractivity contribution in [1.29, 1.82) is 5.26 Å². The molecule has 7 nitrogen and oxygen atoms in total. The number of H-pyrrole nitrogens is 1. The Balaban J connectivity index is 1.89. The largest absolute Gasteiger partial charge is 0.459 e. The number of benzene rings is 1. The summed E-state index contributed by atoms with van der Waals surface area (Å²) in [5.74, 6) is 0.704. The minimum Gasteiger partial charge on any atom is -0.459 e. The van der Waals surface area contributed by atoms with E-state index in [0.29, 0.717) is 23.6 Å².